The van der Waals surface area contributed by atoms with Crippen molar-refractivity contribution >= 4 is 51.3 Å². The summed E-state index contributed by atoms with van der Waals surface area (Å²) in [5.41, 5.74) is 0. The van der Waals surface area contributed by atoms with E-state index in [1.54, 1.807) is 17.4 Å². The van der Waals surface area contributed by atoms with Gasteiger partial charge in [0.25, 0.3) is 0 Å². The second-order valence-corrected chi connectivity index (χ2v) is 6.55. The predicted octanol–water partition coefficient (Wildman–Crippen LogP) is 3.24. The summed E-state index contributed by atoms with van der Waals surface area (Å²) >= 11 is 4.10. The van der Waals surface area contributed by atoms with Gasteiger partial charge >= 0.3 is 5.97 Å². The van der Waals surface area contributed by atoms with Gasteiger partial charge in [-0.25, -0.2) is 4.79 Å². The second-order valence-electron chi connectivity index (χ2n) is 3.24. The molecular weight excluding hydrogens is 290 g/mol. The van der Waals surface area contributed by atoms with E-state index in [9.17, 15) is 9.59 Å². The van der Waals surface area contributed by atoms with Crippen molar-refractivity contribution < 1.29 is 14.7 Å². The van der Waals surface area contributed by atoms with Gasteiger partial charge in [-0.05, 0) is 23.6 Å². The zero-order chi connectivity index (χ0) is 13.0. The molecule has 2 aromatic heterocycles. The standard InChI is InChI=1S/C11H9NO3S3/c13-8(6-17-10-2-1-5-16-10)12-9-4-3-7(18-9)11(14)15/h1-5H,6H2,(H,12,13)(H,14,15). The molecule has 2 N–H and O–H groups in total. The summed E-state index contributed by atoms with van der Waals surface area (Å²) in [4.78, 5) is 22.5. The lowest BCUT2D eigenvalue weighted by Gasteiger charge is -2.00. The van der Waals surface area contributed by atoms with E-state index >= 15 is 0 Å². The first-order chi connectivity index (χ1) is 8.65. The molecule has 0 aliphatic rings. The molecule has 0 aliphatic heterocycles. The summed E-state index contributed by atoms with van der Waals surface area (Å²) in [5.74, 6) is -0.790. The molecule has 0 bridgehead atoms. The average molecular weight is 299 g/mol. The number of carbonyl (C=O) groups excluding carboxylic acids is 1. The van der Waals surface area contributed by atoms with E-state index in [4.69, 9.17) is 5.11 Å². The Balaban J connectivity index is 1.85. The smallest absolute Gasteiger partial charge is 0.345 e. The first-order valence-electron chi connectivity index (χ1n) is 4.94. The lowest BCUT2D eigenvalue weighted by molar-refractivity contribution is -0.113. The number of hydrogen-bond acceptors (Lipinski definition) is 5. The molecule has 0 radical (unpaired) electrons. The van der Waals surface area contributed by atoms with Gasteiger partial charge in [-0.3, -0.25) is 4.79 Å². The van der Waals surface area contributed by atoms with Crippen LogP contribution in [0, 0.1) is 0 Å². The average Bonchev–Trinajstić information content (AvgIpc) is 2.96. The Bertz CT molecular complexity index is 548. The van der Waals surface area contributed by atoms with Crippen molar-refractivity contribution in [3.8, 4) is 0 Å². The molecule has 0 spiro atoms. The number of carbonyl (C=O) groups is 2. The van der Waals surface area contributed by atoms with E-state index in [0.29, 0.717) is 10.8 Å². The maximum Gasteiger partial charge on any atom is 0.345 e. The van der Waals surface area contributed by atoms with Crippen molar-refractivity contribution in [2.45, 2.75) is 4.21 Å². The van der Waals surface area contributed by atoms with Crippen LogP contribution in [0.15, 0.2) is 33.9 Å². The molecular formula is C11H9NO3S3. The minimum atomic E-state index is -0.978. The molecule has 0 saturated heterocycles. The molecule has 0 atom stereocenters. The number of hydrogen-bond donors (Lipinski definition) is 2. The van der Waals surface area contributed by atoms with Gasteiger partial charge in [-0.2, -0.15) is 0 Å². The third kappa shape index (κ3) is 3.59. The highest BCUT2D eigenvalue weighted by Crippen LogP contribution is 2.25. The van der Waals surface area contributed by atoms with Crippen molar-refractivity contribution in [3.63, 3.8) is 0 Å². The normalized spacial score (nSPS) is 10.2. The minimum absolute atomic E-state index is 0.132. The van der Waals surface area contributed by atoms with Crippen LogP contribution in [0.1, 0.15) is 9.67 Å². The van der Waals surface area contributed by atoms with Crippen molar-refractivity contribution in [2.24, 2.45) is 0 Å². The molecule has 7 heteroatoms. The van der Waals surface area contributed by atoms with Crippen LogP contribution in [0.4, 0.5) is 5.00 Å². The van der Waals surface area contributed by atoms with E-state index in [1.807, 2.05) is 17.5 Å². The molecule has 0 aliphatic carbocycles. The number of aromatic carboxylic acids is 1. The summed E-state index contributed by atoms with van der Waals surface area (Å²) in [7, 11) is 0. The van der Waals surface area contributed by atoms with Gasteiger partial charge in [0.05, 0.1) is 15.0 Å². The van der Waals surface area contributed by atoms with Crippen LogP contribution >= 0.6 is 34.4 Å². The summed E-state index contributed by atoms with van der Waals surface area (Å²) in [6, 6.07) is 6.97. The van der Waals surface area contributed by atoms with Crippen molar-refractivity contribution in [3.05, 3.63) is 34.5 Å². The number of thiophene rings is 2. The molecule has 2 heterocycles. The van der Waals surface area contributed by atoms with Crippen LogP contribution in [-0.2, 0) is 4.79 Å². The summed E-state index contributed by atoms with van der Waals surface area (Å²) in [5, 5.41) is 14.0. The number of carboxylic acids is 1. The topological polar surface area (TPSA) is 66.4 Å². The third-order valence-electron chi connectivity index (χ3n) is 1.92. The highest BCUT2D eigenvalue weighted by atomic mass is 32.2. The first kappa shape index (κ1) is 13.1. The number of amides is 1. The van der Waals surface area contributed by atoms with Crippen LogP contribution in [0.2, 0.25) is 0 Å². The van der Waals surface area contributed by atoms with Gasteiger partial charge in [-0.15, -0.1) is 34.4 Å². The predicted molar refractivity (Wildman–Crippen MR) is 75.0 cm³/mol. The Hall–Kier alpha value is -1.31. The van der Waals surface area contributed by atoms with Gasteiger partial charge in [0, 0.05) is 0 Å². The highest BCUT2D eigenvalue weighted by molar-refractivity contribution is 8.01. The maximum absolute atomic E-state index is 11.6. The number of carboxylic acid groups (broad SMARTS) is 1. The van der Waals surface area contributed by atoms with E-state index < -0.39 is 5.97 Å². The third-order valence-corrected chi connectivity index (χ3v) is 5.04. The lowest BCUT2D eigenvalue weighted by atomic mass is 10.5. The Labute approximate surface area is 116 Å². The molecule has 1 amide bonds. The minimum Gasteiger partial charge on any atom is -0.477 e. The van der Waals surface area contributed by atoms with Crippen LogP contribution in [0.25, 0.3) is 0 Å². The lowest BCUT2D eigenvalue weighted by Crippen LogP contribution is -2.12. The van der Waals surface area contributed by atoms with Gasteiger partial charge < -0.3 is 10.4 Å². The molecule has 18 heavy (non-hydrogen) atoms. The molecule has 2 rings (SSSR count). The Kier molecular flexibility index (Phi) is 4.40. The van der Waals surface area contributed by atoms with Crippen LogP contribution in [0.3, 0.4) is 0 Å². The van der Waals surface area contributed by atoms with Crippen LogP contribution < -0.4 is 5.32 Å². The SMILES string of the molecule is O=C(CSc1cccs1)Nc1ccc(C(=O)O)s1. The maximum atomic E-state index is 11.6. The highest BCUT2D eigenvalue weighted by Gasteiger charge is 2.09. The quantitative estimate of drug-likeness (QED) is 0.832. The molecule has 4 nitrogen and oxygen atoms in total. The molecule has 94 valence electrons. The first-order valence-corrected chi connectivity index (χ1v) is 7.62. The Morgan fingerprint density at radius 2 is 2.17 bits per heavy atom. The zero-order valence-corrected chi connectivity index (χ0v) is 11.5. The molecule has 0 fully saturated rings. The number of anilines is 1. The molecule has 0 aromatic carbocycles. The van der Waals surface area contributed by atoms with Crippen LogP contribution in [-0.4, -0.2) is 22.7 Å². The Morgan fingerprint density at radius 1 is 1.33 bits per heavy atom. The van der Waals surface area contributed by atoms with Gasteiger partial charge in [0.2, 0.25) is 5.91 Å². The second kappa shape index (κ2) is 6.03. The zero-order valence-electron chi connectivity index (χ0n) is 9.08. The number of rotatable bonds is 5. The van der Waals surface area contributed by atoms with Gasteiger partial charge in [0.15, 0.2) is 0 Å². The molecule has 2 aromatic rings. The largest absolute Gasteiger partial charge is 0.477 e. The monoisotopic (exact) mass is 299 g/mol. The van der Waals surface area contributed by atoms with E-state index in [-0.39, 0.29) is 10.8 Å². The summed E-state index contributed by atoms with van der Waals surface area (Å²) in [6.07, 6.45) is 0. The van der Waals surface area contributed by atoms with Gasteiger partial charge in [-0.1, -0.05) is 6.07 Å². The summed E-state index contributed by atoms with van der Waals surface area (Å²) < 4.78 is 1.09. The van der Waals surface area contributed by atoms with Crippen LogP contribution in [0.5, 0.6) is 0 Å². The fourth-order valence-electron chi connectivity index (χ4n) is 1.18. The van der Waals surface area contributed by atoms with Gasteiger partial charge in [0.1, 0.15) is 4.88 Å². The van der Waals surface area contributed by atoms with E-state index in [0.717, 1.165) is 15.5 Å². The molecule has 0 saturated carbocycles. The summed E-state index contributed by atoms with van der Waals surface area (Å²) in [6.45, 7) is 0. The van der Waals surface area contributed by atoms with Crippen molar-refractivity contribution in [2.75, 3.05) is 11.1 Å². The fourth-order valence-corrected chi connectivity index (χ4v) is 3.52. The number of thioether (sulfide) groups is 1. The number of nitrogens with one attached hydrogen (secondary N) is 1. The fraction of sp³-hybridized carbons (Fsp3) is 0.0909. The van der Waals surface area contributed by atoms with E-state index in [2.05, 4.69) is 5.32 Å². The van der Waals surface area contributed by atoms with E-state index in [1.165, 1.54) is 17.8 Å². The van der Waals surface area contributed by atoms with Crippen molar-refractivity contribution in [1.82, 2.24) is 0 Å². The van der Waals surface area contributed by atoms with Crippen molar-refractivity contribution in [1.29, 1.82) is 0 Å². The Morgan fingerprint density at radius 3 is 2.78 bits per heavy atom. The molecule has 0 unspecified atom stereocenters.